The van der Waals surface area contributed by atoms with Crippen LogP contribution in [0.4, 0.5) is 13.2 Å². The lowest BCUT2D eigenvalue weighted by molar-refractivity contribution is -0.697. The molecule has 1 rings (SSSR count). The molecule has 0 aliphatic heterocycles. The van der Waals surface area contributed by atoms with Gasteiger partial charge in [0.2, 0.25) is 0 Å². The van der Waals surface area contributed by atoms with Crippen LogP contribution in [0, 0.1) is 0 Å². The number of alkyl halides is 3. The maximum atomic E-state index is 10.7. The van der Waals surface area contributed by atoms with E-state index in [-0.39, 0.29) is 0 Å². The second-order valence-corrected chi connectivity index (χ2v) is 7.95. The van der Waals surface area contributed by atoms with Gasteiger partial charge in [-0.2, -0.15) is 13.2 Å². The molecule has 0 saturated carbocycles. The smallest absolute Gasteiger partial charge is 0.485 e. The van der Waals surface area contributed by atoms with Crippen molar-refractivity contribution in [2.75, 3.05) is 0 Å². The molecule has 0 bridgehead atoms. The molecule has 0 unspecified atom stereocenters. The number of rotatable bonds is 11. The van der Waals surface area contributed by atoms with Crippen molar-refractivity contribution >= 4 is 10.1 Å². The summed E-state index contributed by atoms with van der Waals surface area (Å²) in [4.78, 5) is 0. The van der Waals surface area contributed by atoms with E-state index in [1.165, 1.54) is 76.3 Å². The number of halogens is 3. The molecule has 0 radical (unpaired) electrons. The zero-order chi connectivity index (χ0) is 20.8. The van der Waals surface area contributed by atoms with Crippen molar-refractivity contribution in [1.29, 1.82) is 0 Å². The first-order valence-electron chi connectivity index (χ1n) is 9.62. The van der Waals surface area contributed by atoms with Gasteiger partial charge in [0.25, 0.3) is 0 Å². The normalized spacial score (nSPS) is 11.8. The Hall–Kier alpha value is -1.15. The van der Waals surface area contributed by atoms with Gasteiger partial charge in [-0.15, -0.1) is 0 Å². The zero-order valence-electron chi connectivity index (χ0n) is 16.3. The van der Waals surface area contributed by atoms with Crippen LogP contribution in [-0.4, -0.2) is 18.5 Å². The van der Waals surface area contributed by atoms with Crippen LogP contribution in [-0.2, 0) is 23.1 Å². The fraction of sp³-hybridized carbons (Fsp3) is 0.737. The molecule has 1 aromatic heterocycles. The summed E-state index contributed by atoms with van der Waals surface area (Å²) in [5.74, 6) is 0. The monoisotopic (exact) mass is 411 g/mol. The van der Waals surface area contributed by atoms with Crippen LogP contribution in [0.3, 0.4) is 0 Å². The molecular weight excluding hydrogens is 379 g/mol. The molecule has 0 atom stereocenters. The molecule has 1 aromatic rings. The molecule has 8 heteroatoms. The molecule has 0 aliphatic carbocycles. The van der Waals surface area contributed by atoms with Gasteiger partial charge in [0.1, 0.15) is 6.54 Å². The lowest BCUT2D eigenvalue weighted by Crippen LogP contribution is -2.33. The second kappa shape index (κ2) is 13.9. The van der Waals surface area contributed by atoms with E-state index in [9.17, 15) is 13.2 Å². The lowest BCUT2D eigenvalue weighted by atomic mass is 10.1. The summed E-state index contributed by atoms with van der Waals surface area (Å²) in [6, 6.07) is 4.43. The highest BCUT2D eigenvalue weighted by atomic mass is 32.2. The van der Waals surface area contributed by atoms with Crippen molar-refractivity contribution in [3.05, 3.63) is 30.1 Å². The van der Waals surface area contributed by atoms with Crippen molar-refractivity contribution in [3.8, 4) is 0 Å². The molecule has 0 N–H and O–H groups in total. The molecule has 0 amide bonds. The fourth-order valence-corrected chi connectivity index (χ4v) is 2.58. The van der Waals surface area contributed by atoms with Crippen molar-refractivity contribution < 1.29 is 30.7 Å². The number of hydrogen-bond acceptors (Lipinski definition) is 3. The SMILES string of the molecule is CCCCCCCCCC[n+]1cccc(CCC)c1.O=S(=O)([O-])C(F)(F)F. The van der Waals surface area contributed by atoms with E-state index in [4.69, 9.17) is 13.0 Å². The highest BCUT2D eigenvalue weighted by Crippen LogP contribution is 2.20. The predicted octanol–water partition coefficient (Wildman–Crippen LogP) is 5.12. The third-order valence-electron chi connectivity index (χ3n) is 4.01. The summed E-state index contributed by atoms with van der Waals surface area (Å²) in [6.07, 6.45) is 18.2. The molecular formula is C19H32F3NO3S. The largest absolute Gasteiger partial charge is 0.741 e. The van der Waals surface area contributed by atoms with Gasteiger partial charge in [0.05, 0.1) is 0 Å². The Bertz CT molecular complexity index is 604. The first kappa shape index (κ1) is 25.9. The summed E-state index contributed by atoms with van der Waals surface area (Å²) in [7, 11) is -6.09. The Labute approximate surface area is 161 Å². The fourth-order valence-electron chi connectivity index (χ4n) is 2.58. The van der Waals surface area contributed by atoms with E-state index in [0.717, 1.165) is 0 Å². The molecule has 0 spiro atoms. The van der Waals surface area contributed by atoms with Gasteiger partial charge in [-0.25, -0.2) is 13.0 Å². The summed E-state index contributed by atoms with van der Waals surface area (Å²) in [5, 5.41) is 0. The van der Waals surface area contributed by atoms with Gasteiger partial charge in [-0.1, -0.05) is 58.8 Å². The quantitative estimate of drug-likeness (QED) is 0.220. The first-order chi connectivity index (χ1) is 12.6. The standard InChI is InChI=1S/C18H32N.CHF3O3S/c1-3-5-6-7-8-9-10-11-15-19-16-12-14-18(17-19)13-4-2;2-1(3,4)8(5,6)7/h12,14,16-17H,3-11,13,15H2,1-2H3;(H,5,6,7)/q+1;/p-1. The highest BCUT2D eigenvalue weighted by molar-refractivity contribution is 7.86. The molecule has 0 fully saturated rings. The summed E-state index contributed by atoms with van der Waals surface area (Å²) < 4.78 is 61.3. The topological polar surface area (TPSA) is 61.1 Å². The minimum absolute atomic E-state index is 1.19. The number of pyridine rings is 1. The van der Waals surface area contributed by atoms with Gasteiger partial charge >= 0.3 is 5.51 Å². The number of aromatic nitrogens is 1. The Morgan fingerprint density at radius 2 is 1.48 bits per heavy atom. The molecule has 1 heterocycles. The van der Waals surface area contributed by atoms with Crippen molar-refractivity contribution in [1.82, 2.24) is 0 Å². The van der Waals surface area contributed by atoms with Crippen molar-refractivity contribution in [2.45, 2.75) is 90.1 Å². The van der Waals surface area contributed by atoms with Gasteiger partial charge in [0.15, 0.2) is 22.5 Å². The van der Waals surface area contributed by atoms with Crippen LogP contribution >= 0.6 is 0 Å². The Kier molecular flexibility index (Phi) is 13.3. The van der Waals surface area contributed by atoms with Gasteiger partial charge in [-0.3, -0.25) is 0 Å². The molecule has 27 heavy (non-hydrogen) atoms. The summed E-state index contributed by atoms with van der Waals surface area (Å²) in [5.41, 5.74) is -4.17. The number of unbranched alkanes of at least 4 members (excludes halogenated alkanes) is 7. The predicted molar refractivity (Wildman–Crippen MR) is 99.0 cm³/mol. The first-order valence-corrected chi connectivity index (χ1v) is 11.0. The van der Waals surface area contributed by atoms with Crippen molar-refractivity contribution in [2.24, 2.45) is 0 Å². The number of nitrogens with zero attached hydrogens (tertiary/aromatic N) is 1. The van der Waals surface area contributed by atoms with E-state index in [2.05, 4.69) is 42.9 Å². The summed E-state index contributed by atoms with van der Waals surface area (Å²) >= 11 is 0. The Morgan fingerprint density at radius 3 is 1.96 bits per heavy atom. The molecule has 0 aliphatic rings. The van der Waals surface area contributed by atoms with E-state index in [1.807, 2.05) is 0 Å². The number of hydrogen-bond donors (Lipinski definition) is 0. The summed E-state index contributed by atoms with van der Waals surface area (Å²) in [6.45, 7) is 5.71. The van der Waals surface area contributed by atoms with Crippen LogP contribution in [0.15, 0.2) is 24.5 Å². The van der Waals surface area contributed by atoms with Crippen molar-refractivity contribution in [3.63, 3.8) is 0 Å². The van der Waals surface area contributed by atoms with Crippen LogP contribution in [0.25, 0.3) is 0 Å². The maximum Gasteiger partial charge on any atom is 0.485 e. The lowest BCUT2D eigenvalue weighted by Gasteiger charge is -2.08. The maximum absolute atomic E-state index is 10.7. The molecule has 158 valence electrons. The average Bonchev–Trinajstić information content (AvgIpc) is 2.57. The van der Waals surface area contributed by atoms with Gasteiger partial charge in [0, 0.05) is 18.1 Å². The van der Waals surface area contributed by atoms with Crippen LogP contribution in [0.1, 0.15) is 77.2 Å². The highest BCUT2D eigenvalue weighted by Gasteiger charge is 2.36. The molecule has 0 aromatic carbocycles. The van der Waals surface area contributed by atoms with E-state index < -0.39 is 15.6 Å². The van der Waals surface area contributed by atoms with E-state index in [0.29, 0.717) is 0 Å². The molecule has 0 saturated heterocycles. The third-order valence-corrected chi connectivity index (χ3v) is 4.58. The van der Waals surface area contributed by atoms with Crippen LogP contribution < -0.4 is 4.57 Å². The van der Waals surface area contributed by atoms with E-state index in [1.54, 1.807) is 0 Å². The average molecular weight is 412 g/mol. The Balaban J connectivity index is 0.000000713. The minimum Gasteiger partial charge on any atom is -0.741 e. The minimum atomic E-state index is -6.09. The van der Waals surface area contributed by atoms with Crippen LogP contribution in [0.5, 0.6) is 0 Å². The molecule has 4 nitrogen and oxygen atoms in total. The Morgan fingerprint density at radius 1 is 0.963 bits per heavy atom. The van der Waals surface area contributed by atoms with Gasteiger partial charge in [-0.05, 0) is 18.9 Å². The zero-order valence-corrected chi connectivity index (χ0v) is 17.1. The third kappa shape index (κ3) is 13.6. The van der Waals surface area contributed by atoms with Gasteiger partial charge < -0.3 is 4.55 Å². The second-order valence-electron chi connectivity index (χ2n) is 6.57. The number of aryl methyl sites for hydroxylation is 2. The van der Waals surface area contributed by atoms with Crippen LogP contribution in [0.2, 0.25) is 0 Å². The van der Waals surface area contributed by atoms with E-state index >= 15 is 0 Å².